The number of esters is 1. The van der Waals surface area contributed by atoms with Crippen LogP contribution >= 0.6 is 0 Å². The molecule has 0 saturated carbocycles. The van der Waals surface area contributed by atoms with Gasteiger partial charge in [0, 0.05) is 13.7 Å². The van der Waals surface area contributed by atoms with Crippen molar-refractivity contribution in [1.29, 1.82) is 0 Å². The van der Waals surface area contributed by atoms with Gasteiger partial charge in [0.2, 0.25) is 0 Å². The van der Waals surface area contributed by atoms with Crippen molar-refractivity contribution in [2.75, 3.05) is 26.9 Å². The summed E-state index contributed by atoms with van der Waals surface area (Å²) < 4.78 is 10.3. The standard InChI is InChI=1S/C17H27NO3/c1-5-7-14-8-10-15(11-9-14)17(3,16(19)21-6-2)18-12-13-20-4/h8-11,18H,5-7,12-13H2,1-4H3. The SMILES string of the molecule is CCCc1ccc(C(C)(NCCOC)C(=O)OCC)cc1. The molecule has 0 aromatic heterocycles. The average Bonchev–Trinajstić information content (AvgIpc) is 2.48. The van der Waals surface area contributed by atoms with Gasteiger partial charge in [-0.2, -0.15) is 0 Å². The quantitative estimate of drug-likeness (QED) is 0.562. The molecule has 0 amide bonds. The number of carbonyl (C=O) groups excluding carboxylic acids is 1. The molecule has 21 heavy (non-hydrogen) atoms. The summed E-state index contributed by atoms with van der Waals surface area (Å²) in [6.45, 7) is 7.33. The first-order valence-corrected chi connectivity index (χ1v) is 7.59. The second-order valence-corrected chi connectivity index (χ2v) is 5.21. The lowest BCUT2D eigenvalue weighted by Crippen LogP contribution is -2.48. The Bertz CT molecular complexity index is 430. The molecule has 1 unspecified atom stereocenters. The molecule has 0 radical (unpaired) electrons. The van der Waals surface area contributed by atoms with Crippen LogP contribution < -0.4 is 5.32 Å². The Morgan fingerprint density at radius 3 is 2.43 bits per heavy atom. The van der Waals surface area contributed by atoms with E-state index in [2.05, 4.69) is 24.4 Å². The van der Waals surface area contributed by atoms with E-state index in [-0.39, 0.29) is 5.97 Å². The van der Waals surface area contributed by atoms with Crippen molar-refractivity contribution in [2.45, 2.75) is 39.2 Å². The van der Waals surface area contributed by atoms with Crippen LogP contribution in [-0.4, -0.2) is 32.8 Å². The summed E-state index contributed by atoms with van der Waals surface area (Å²) in [5.74, 6) is -0.260. The fraction of sp³-hybridized carbons (Fsp3) is 0.588. The van der Waals surface area contributed by atoms with Gasteiger partial charge in [0.05, 0.1) is 13.2 Å². The van der Waals surface area contributed by atoms with Crippen LogP contribution in [0, 0.1) is 0 Å². The Balaban J connectivity index is 2.95. The van der Waals surface area contributed by atoms with E-state index in [4.69, 9.17) is 9.47 Å². The van der Waals surface area contributed by atoms with E-state index in [0.717, 1.165) is 18.4 Å². The molecule has 4 nitrogen and oxygen atoms in total. The molecule has 0 fully saturated rings. The summed E-state index contributed by atoms with van der Waals surface area (Å²) in [5.41, 5.74) is 1.35. The van der Waals surface area contributed by atoms with Gasteiger partial charge >= 0.3 is 5.97 Å². The molecule has 0 aliphatic heterocycles. The second kappa shape index (κ2) is 8.80. The van der Waals surface area contributed by atoms with Gasteiger partial charge in [0.25, 0.3) is 0 Å². The molecule has 0 heterocycles. The summed E-state index contributed by atoms with van der Waals surface area (Å²) in [5, 5.41) is 3.25. The Labute approximate surface area is 127 Å². The second-order valence-electron chi connectivity index (χ2n) is 5.21. The molecular weight excluding hydrogens is 266 g/mol. The number of hydrogen-bond donors (Lipinski definition) is 1. The minimum atomic E-state index is -0.848. The summed E-state index contributed by atoms with van der Waals surface area (Å²) in [6.07, 6.45) is 2.16. The van der Waals surface area contributed by atoms with Crippen LogP contribution in [0.4, 0.5) is 0 Å². The number of aryl methyl sites for hydroxylation is 1. The molecule has 0 aliphatic rings. The largest absolute Gasteiger partial charge is 0.464 e. The summed E-state index contributed by atoms with van der Waals surface area (Å²) in [7, 11) is 1.64. The van der Waals surface area contributed by atoms with Gasteiger partial charge in [-0.3, -0.25) is 5.32 Å². The van der Waals surface area contributed by atoms with E-state index in [1.807, 2.05) is 26.0 Å². The highest BCUT2D eigenvalue weighted by atomic mass is 16.5. The third kappa shape index (κ3) is 4.83. The van der Waals surface area contributed by atoms with Crippen molar-refractivity contribution in [2.24, 2.45) is 0 Å². The van der Waals surface area contributed by atoms with Crippen LogP contribution in [0.3, 0.4) is 0 Å². The molecule has 1 aromatic carbocycles. The number of hydrogen-bond acceptors (Lipinski definition) is 4. The summed E-state index contributed by atoms with van der Waals surface area (Å²) >= 11 is 0. The highest BCUT2D eigenvalue weighted by Gasteiger charge is 2.36. The van der Waals surface area contributed by atoms with Crippen molar-refractivity contribution < 1.29 is 14.3 Å². The highest BCUT2D eigenvalue weighted by Crippen LogP contribution is 2.23. The molecule has 1 aromatic rings. The summed E-state index contributed by atoms with van der Waals surface area (Å²) in [4.78, 5) is 12.3. The molecule has 1 N–H and O–H groups in total. The molecule has 1 atom stereocenters. The van der Waals surface area contributed by atoms with Gasteiger partial charge in [-0.1, -0.05) is 37.6 Å². The van der Waals surface area contributed by atoms with Crippen molar-refractivity contribution in [1.82, 2.24) is 5.32 Å². The van der Waals surface area contributed by atoms with Crippen molar-refractivity contribution in [3.05, 3.63) is 35.4 Å². The van der Waals surface area contributed by atoms with Crippen LogP contribution in [0.15, 0.2) is 24.3 Å². The molecule has 0 bridgehead atoms. The first-order chi connectivity index (χ1) is 10.1. The monoisotopic (exact) mass is 293 g/mol. The Kier molecular flexibility index (Phi) is 7.40. The van der Waals surface area contributed by atoms with E-state index in [9.17, 15) is 4.79 Å². The molecule has 1 rings (SSSR count). The number of rotatable bonds is 9. The minimum absolute atomic E-state index is 0.260. The zero-order valence-corrected chi connectivity index (χ0v) is 13.6. The lowest BCUT2D eigenvalue weighted by atomic mass is 9.90. The minimum Gasteiger partial charge on any atom is -0.464 e. The third-order valence-corrected chi connectivity index (χ3v) is 3.54. The predicted molar refractivity (Wildman–Crippen MR) is 84.3 cm³/mol. The molecule has 4 heteroatoms. The van der Waals surface area contributed by atoms with E-state index in [1.165, 1.54) is 5.56 Å². The smallest absolute Gasteiger partial charge is 0.330 e. The Morgan fingerprint density at radius 2 is 1.90 bits per heavy atom. The van der Waals surface area contributed by atoms with Gasteiger partial charge in [0.15, 0.2) is 0 Å². The summed E-state index contributed by atoms with van der Waals surface area (Å²) in [6, 6.07) is 8.16. The van der Waals surface area contributed by atoms with Gasteiger partial charge < -0.3 is 9.47 Å². The van der Waals surface area contributed by atoms with E-state index in [1.54, 1.807) is 7.11 Å². The van der Waals surface area contributed by atoms with Crippen LogP contribution in [0.1, 0.15) is 38.3 Å². The lowest BCUT2D eigenvalue weighted by Gasteiger charge is -2.29. The average molecular weight is 293 g/mol. The van der Waals surface area contributed by atoms with E-state index >= 15 is 0 Å². The first-order valence-electron chi connectivity index (χ1n) is 7.59. The number of carbonyl (C=O) groups is 1. The third-order valence-electron chi connectivity index (χ3n) is 3.54. The first kappa shape index (κ1) is 17.7. The topological polar surface area (TPSA) is 47.6 Å². The van der Waals surface area contributed by atoms with Crippen molar-refractivity contribution >= 4 is 5.97 Å². The van der Waals surface area contributed by atoms with E-state index in [0.29, 0.717) is 19.8 Å². The predicted octanol–water partition coefficient (Wildman–Crippen LogP) is 2.65. The Hall–Kier alpha value is -1.39. The highest BCUT2D eigenvalue weighted by molar-refractivity contribution is 5.82. The van der Waals surface area contributed by atoms with E-state index < -0.39 is 5.54 Å². The zero-order chi connectivity index (χ0) is 15.7. The normalized spacial score (nSPS) is 13.7. The van der Waals surface area contributed by atoms with Gasteiger partial charge in [-0.15, -0.1) is 0 Å². The maximum Gasteiger partial charge on any atom is 0.330 e. The van der Waals surface area contributed by atoms with Gasteiger partial charge in [-0.25, -0.2) is 4.79 Å². The number of ether oxygens (including phenoxy) is 2. The fourth-order valence-electron chi connectivity index (χ4n) is 2.26. The fourth-order valence-corrected chi connectivity index (χ4v) is 2.26. The van der Waals surface area contributed by atoms with Crippen LogP contribution in [0.5, 0.6) is 0 Å². The van der Waals surface area contributed by atoms with Crippen LogP contribution in [0.2, 0.25) is 0 Å². The number of benzene rings is 1. The molecule has 118 valence electrons. The zero-order valence-electron chi connectivity index (χ0n) is 13.6. The Morgan fingerprint density at radius 1 is 1.24 bits per heavy atom. The van der Waals surface area contributed by atoms with Gasteiger partial charge in [0.1, 0.15) is 5.54 Å². The van der Waals surface area contributed by atoms with Crippen molar-refractivity contribution in [3.8, 4) is 0 Å². The maximum atomic E-state index is 12.3. The molecular formula is C17H27NO3. The maximum absolute atomic E-state index is 12.3. The number of methoxy groups -OCH3 is 1. The molecule has 0 aliphatic carbocycles. The molecule has 0 saturated heterocycles. The lowest BCUT2D eigenvalue weighted by molar-refractivity contribution is -0.151. The van der Waals surface area contributed by atoms with Crippen molar-refractivity contribution in [3.63, 3.8) is 0 Å². The van der Waals surface area contributed by atoms with Gasteiger partial charge in [-0.05, 0) is 31.4 Å². The van der Waals surface area contributed by atoms with Crippen LogP contribution in [-0.2, 0) is 26.2 Å². The molecule has 0 spiro atoms. The van der Waals surface area contributed by atoms with Crippen LogP contribution in [0.25, 0.3) is 0 Å². The number of nitrogens with one attached hydrogen (secondary N) is 1.